The summed E-state index contributed by atoms with van der Waals surface area (Å²) in [6.45, 7) is 1.79. The van der Waals surface area contributed by atoms with Gasteiger partial charge in [0, 0.05) is 35.1 Å². The van der Waals surface area contributed by atoms with Crippen molar-refractivity contribution in [3.8, 4) is 0 Å². The second-order valence-electron chi connectivity index (χ2n) is 7.90. The van der Waals surface area contributed by atoms with Crippen LogP contribution < -0.4 is 10.2 Å². The summed E-state index contributed by atoms with van der Waals surface area (Å²) in [6.07, 6.45) is 0. The van der Waals surface area contributed by atoms with Gasteiger partial charge in [0.1, 0.15) is 0 Å². The first-order valence-corrected chi connectivity index (χ1v) is 11.7. The standard InChI is InChI=1S/C28H24N2OS/c31-28(26-15-6-7-16-27(26)32-20-21-9-2-1-3-10-21)29-24-13-8-14-25(17-24)30-18-22-11-4-5-12-23(22)19-30/h1-17H,18-20H2,(H,29,31). The first kappa shape index (κ1) is 20.4. The lowest BCUT2D eigenvalue weighted by atomic mass is 10.1. The first-order chi connectivity index (χ1) is 15.8. The van der Waals surface area contributed by atoms with Gasteiger partial charge in [-0.25, -0.2) is 0 Å². The van der Waals surface area contributed by atoms with Crippen LogP contribution in [0.3, 0.4) is 0 Å². The molecule has 0 saturated carbocycles. The van der Waals surface area contributed by atoms with Crippen molar-refractivity contribution < 1.29 is 4.79 Å². The van der Waals surface area contributed by atoms with E-state index in [0.29, 0.717) is 5.56 Å². The van der Waals surface area contributed by atoms with Gasteiger partial charge < -0.3 is 10.2 Å². The van der Waals surface area contributed by atoms with E-state index in [1.165, 1.54) is 16.7 Å². The fourth-order valence-electron chi connectivity index (χ4n) is 4.01. The smallest absolute Gasteiger partial charge is 0.256 e. The molecule has 5 rings (SSSR count). The van der Waals surface area contributed by atoms with Gasteiger partial charge in [-0.2, -0.15) is 0 Å². The minimum Gasteiger partial charge on any atom is -0.363 e. The Kier molecular flexibility index (Phi) is 5.95. The molecule has 0 spiro atoms. The molecule has 0 fully saturated rings. The van der Waals surface area contributed by atoms with Crippen molar-refractivity contribution >= 4 is 29.0 Å². The Morgan fingerprint density at radius 3 is 2.25 bits per heavy atom. The normalized spacial score (nSPS) is 12.4. The van der Waals surface area contributed by atoms with Gasteiger partial charge in [0.15, 0.2) is 0 Å². The molecule has 0 bridgehead atoms. The number of nitrogens with zero attached hydrogens (tertiary/aromatic N) is 1. The molecule has 1 aliphatic rings. The van der Waals surface area contributed by atoms with Crippen LogP contribution in [0.5, 0.6) is 0 Å². The number of anilines is 2. The molecule has 0 saturated heterocycles. The molecule has 0 atom stereocenters. The highest BCUT2D eigenvalue weighted by Gasteiger charge is 2.19. The van der Waals surface area contributed by atoms with Crippen LogP contribution in [0.25, 0.3) is 0 Å². The molecule has 0 aromatic heterocycles. The van der Waals surface area contributed by atoms with Crippen molar-refractivity contribution in [3.05, 3.63) is 125 Å². The van der Waals surface area contributed by atoms with Crippen molar-refractivity contribution in [3.63, 3.8) is 0 Å². The Hall–Kier alpha value is -3.50. The highest BCUT2D eigenvalue weighted by Crippen LogP contribution is 2.30. The minimum atomic E-state index is -0.0805. The van der Waals surface area contributed by atoms with E-state index in [4.69, 9.17) is 0 Å². The summed E-state index contributed by atoms with van der Waals surface area (Å²) in [5.41, 5.74) is 6.61. The van der Waals surface area contributed by atoms with Gasteiger partial charge in [-0.3, -0.25) is 4.79 Å². The van der Waals surface area contributed by atoms with Crippen molar-refractivity contribution in [2.75, 3.05) is 10.2 Å². The molecular formula is C28H24N2OS. The Balaban J connectivity index is 1.29. The molecular weight excluding hydrogens is 412 g/mol. The summed E-state index contributed by atoms with van der Waals surface area (Å²) in [4.78, 5) is 16.4. The van der Waals surface area contributed by atoms with Crippen molar-refractivity contribution in [2.45, 2.75) is 23.7 Å². The third kappa shape index (κ3) is 4.56. The molecule has 0 aliphatic carbocycles. The van der Waals surface area contributed by atoms with Crippen LogP contribution in [-0.4, -0.2) is 5.91 Å². The highest BCUT2D eigenvalue weighted by atomic mass is 32.2. The average Bonchev–Trinajstić information content (AvgIpc) is 3.28. The predicted molar refractivity (Wildman–Crippen MR) is 133 cm³/mol. The zero-order valence-corrected chi connectivity index (χ0v) is 18.5. The Morgan fingerprint density at radius 1 is 0.781 bits per heavy atom. The van der Waals surface area contributed by atoms with E-state index in [2.05, 4.69) is 58.7 Å². The van der Waals surface area contributed by atoms with E-state index in [0.717, 1.165) is 35.1 Å². The second kappa shape index (κ2) is 9.33. The fourth-order valence-corrected chi connectivity index (χ4v) is 5.02. The number of benzene rings is 4. The molecule has 0 unspecified atom stereocenters. The van der Waals surface area contributed by atoms with Crippen molar-refractivity contribution in [1.29, 1.82) is 0 Å². The fraction of sp³-hybridized carbons (Fsp3) is 0.107. The van der Waals surface area contributed by atoms with E-state index in [1.807, 2.05) is 54.6 Å². The Labute approximate surface area is 193 Å². The number of thioether (sulfide) groups is 1. The summed E-state index contributed by atoms with van der Waals surface area (Å²) in [5, 5.41) is 3.10. The van der Waals surface area contributed by atoms with Gasteiger partial charge in [-0.1, -0.05) is 72.8 Å². The van der Waals surface area contributed by atoms with Gasteiger partial charge >= 0.3 is 0 Å². The molecule has 4 heteroatoms. The lowest BCUT2D eigenvalue weighted by Gasteiger charge is -2.19. The molecule has 0 radical (unpaired) electrons. The number of carbonyl (C=O) groups excluding carboxylic acids is 1. The Morgan fingerprint density at radius 2 is 1.47 bits per heavy atom. The summed E-state index contributed by atoms with van der Waals surface area (Å²) in [6, 6.07) is 34.8. The largest absolute Gasteiger partial charge is 0.363 e. The first-order valence-electron chi connectivity index (χ1n) is 10.8. The monoisotopic (exact) mass is 436 g/mol. The summed E-state index contributed by atoms with van der Waals surface area (Å²) >= 11 is 1.69. The van der Waals surface area contributed by atoms with Gasteiger partial charge in [-0.15, -0.1) is 11.8 Å². The quantitative estimate of drug-likeness (QED) is 0.339. The van der Waals surface area contributed by atoms with E-state index in [9.17, 15) is 4.79 Å². The van der Waals surface area contributed by atoms with Gasteiger partial charge in [-0.05, 0) is 47.0 Å². The Bertz CT molecular complexity index is 1210. The predicted octanol–water partition coefficient (Wildman–Crippen LogP) is 6.75. The summed E-state index contributed by atoms with van der Waals surface area (Å²) < 4.78 is 0. The average molecular weight is 437 g/mol. The van der Waals surface area contributed by atoms with Gasteiger partial charge in [0.2, 0.25) is 0 Å². The lowest BCUT2D eigenvalue weighted by Crippen LogP contribution is -2.16. The SMILES string of the molecule is O=C(Nc1cccc(N2Cc3ccccc3C2)c1)c1ccccc1SCc1ccccc1. The highest BCUT2D eigenvalue weighted by molar-refractivity contribution is 7.98. The van der Waals surface area contributed by atoms with Crippen LogP contribution in [0.15, 0.2) is 108 Å². The van der Waals surface area contributed by atoms with Crippen LogP contribution in [0.1, 0.15) is 27.0 Å². The maximum atomic E-state index is 13.1. The molecule has 32 heavy (non-hydrogen) atoms. The topological polar surface area (TPSA) is 32.3 Å². The van der Waals surface area contributed by atoms with Gasteiger partial charge in [0.25, 0.3) is 5.91 Å². The zero-order valence-electron chi connectivity index (χ0n) is 17.7. The number of amides is 1. The number of hydrogen-bond acceptors (Lipinski definition) is 3. The second-order valence-corrected chi connectivity index (χ2v) is 8.92. The molecule has 158 valence electrons. The molecule has 1 amide bonds. The van der Waals surface area contributed by atoms with Crippen LogP contribution in [0.4, 0.5) is 11.4 Å². The number of hydrogen-bond donors (Lipinski definition) is 1. The van der Waals surface area contributed by atoms with Crippen molar-refractivity contribution in [1.82, 2.24) is 0 Å². The van der Waals surface area contributed by atoms with Gasteiger partial charge in [0.05, 0.1) is 5.56 Å². The maximum absolute atomic E-state index is 13.1. The number of nitrogens with one attached hydrogen (secondary N) is 1. The third-order valence-corrected chi connectivity index (χ3v) is 6.82. The van der Waals surface area contributed by atoms with E-state index in [-0.39, 0.29) is 5.91 Å². The number of fused-ring (bicyclic) bond motifs is 1. The van der Waals surface area contributed by atoms with Crippen LogP contribution >= 0.6 is 11.8 Å². The number of rotatable bonds is 6. The van der Waals surface area contributed by atoms with E-state index >= 15 is 0 Å². The molecule has 1 heterocycles. The third-order valence-electron chi connectivity index (χ3n) is 5.68. The van der Waals surface area contributed by atoms with Crippen molar-refractivity contribution in [2.24, 2.45) is 0 Å². The molecule has 4 aromatic carbocycles. The molecule has 1 aliphatic heterocycles. The maximum Gasteiger partial charge on any atom is 0.256 e. The van der Waals surface area contributed by atoms with E-state index in [1.54, 1.807) is 11.8 Å². The van der Waals surface area contributed by atoms with Crippen LogP contribution in [-0.2, 0) is 18.8 Å². The molecule has 1 N–H and O–H groups in total. The van der Waals surface area contributed by atoms with E-state index < -0.39 is 0 Å². The summed E-state index contributed by atoms with van der Waals surface area (Å²) in [7, 11) is 0. The molecule has 3 nitrogen and oxygen atoms in total. The van der Waals surface area contributed by atoms with Crippen LogP contribution in [0, 0.1) is 0 Å². The zero-order chi connectivity index (χ0) is 21.8. The molecule has 4 aromatic rings. The summed E-state index contributed by atoms with van der Waals surface area (Å²) in [5.74, 6) is 0.749. The van der Waals surface area contributed by atoms with Crippen LogP contribution in [0.2, 0.25) is 0 Å². The number of carbonyl (C=O) groups is 1. The minimum absolute atomic E-state index is 0.0805. The lowest BCUT2D eigenvalue weighted by molar-refractivity contribution is 0.102.